The maximum atomic E-state index is 12.6. The second kappa shape index (κ2) is 8.98. The predicted octanol–water partition coefficient (Wildman–Crippen LogP) is 2.27. The first-order chi connectivity index (χ1) is 14.5. The summed E-state index contributed by atoms with van der Waals surface area (Å²) in [5.41, 5.74) is 5.03. The first kappa shape index (κ1) is 20.6. The molecule has 0 saturated carbocycles. The Labute approximate surface area is 178 Å². The van der Waals surface area contributed by atoms with Crippen molar-refractivity contribution < 1.29 is 9.59 Å². The lowest BCUT2D eigenvalue weighted by Gasteiger charge is -2.32. The molecule has 0 aromatic heterocycles. The molecule has 4 rings (SSSR count). The zero-order chi connectivity index (χ0) is 21.1. The quantitative estimate of drug-likeness (QED) is 0.828. The Morgan fingerprint density at radius 3 is 2.33 bits per heavy atom. The fourth-order valence-electron chi connectivity index (χ4n) is 4.18. The summed E-state index contributed by atoms with van der Waals surface area (Å²) in [6, 6.07) is 14.1. The van der Waals surface area contributed by atoms with Crippen LogP contribution in [0.2, 0.25) is 0 Å². The molecule has 0 radical (unpaired) electrons. The number of amides is 2. The van der Waals surface area contributed by atoms with E-state index >= 15 is 0 Å². The van der Waals surface area contributed by atoms with E-state index in [1.807, 2.05) is 12.1 Å². The topological polar surface area (TPSA) is 55.9 Å². The highest BCUT2D eigenvalue weighted by Crippen LogP contribution is 2.28. The van der Waals surface area contributed by atoms with Gasteiger partial charge in [-0.25, -0.2) is 0 Å². The van der Waals surface area contributed by atoms with Gasteiger partial charge in [0.1, 0.15) is 0 Å². The molecule has 158 valence electrons. The molecule has 1 N–H and O–H groups in total. The number of hydrogen-bond acceptors (Lipinski definition) is 4. The highest BCUT2D eigenvalue weighted by Gasteiger charge is 2.23. The van der Waals surface area contributed by atoms with Gasteiger partial charge in [0.15, 0.2) is 0 Å². The molecule has 2 aromatic rings. The molecule has 0 unspecified atom stereocenters. The molecule has 1 fully saturated rings. The van der Waals surface area contributed by atoms with Crippen molar-refractivity contribution in [2.24, 2.45) is 0 Å². The standard InChI is InChI=1S/C24H30N4O2/c1-18(29)28-10-9-21-15-22(7-8-23(21)28)24(30)25-16-19-3-5-20(6-4-19)17-27-13-11-26(2)12-14-27/h3-8,15H,9-14,16-17H2,1-2H3,(H,25,30). The maximum absolute atomic E-state index is 12.6. The number of carbonyl (C=O) groups is 2. The lowest BCUT2D eigenvalue weighted by molar-refractivity contribution is -0.116. The van der Waals surface area contributed by atoms with Crippen LogP contribution in [-0.4, -0.2) is 61.4 Å². The minimum absolute atomic E-state index is 0.0435. The fraction of sp³-hybridized carbons (Fsp3) is 0.417. The van der Waals surface area contributed by atoms with E-state index in [4.69, 9.17) is 0 Å². The summed E-state index contributed by atoms with van der Waals surface area (Å²) in [7, 11) is 2.17. The smallest absolute Gasteiger partial charge is 0.251 e. The van der Waals surface area contributed by atoms with Crippen molar-refractivity contribution in [3.8, 4) is 0 Å². The molecule has 0 atom stereocenters. The van der Waals surface area contributed by atoms with Crippen molar-refractivity contribution in [3.63, 3.8) is 0 Å². The van der Waals surface area contributed by atoms with E-state index < -0.39 is 0 Å². The second-order valence-corrected chi connectivity index (χ2v) is 8.34. The van der Waals surface area contributed by atoms with Gasteiger partial charge in [0.05, 0.1) is 0 Å². The van der Waals surface area contributed by atoms with Gasteiger partial charge >= 0.3 is 0 Å². The molecule has 2 aromatic carbocycles. The van der Waals surface area contributed by atoms with E-state index in [9.17, 15) is 9.59 Å². The van der Waals surface area contributed by atoms with Crippen LogP contribution in [0.25, 0.3) is 0 Å². The van der Waals surface area contributed by atoms with Gasteiger partial charge in [-0.3, -0.25) is 14.5 Å². The summed E-state index contributed by atoms with van der Waals surface area (Å²) in [4.78, 5) is 30.9. The summed E-state index contributed by atoms with van der Waals surface area (Å²) in [5, 5.41) is 3.01. The van der Waals surface area contributed by atoms with Crippen LogP contribution in [0, 0.1) is 0 Å². The van der Waals surface area contributed by atoms with Crippen molar-refractivity contribution in [3.05, 3.63) is 64.7 Å². The van der Waals surface area contributed by atoms with Gasteiger partial charge in [-0.1, -0.05) is 24.3 Å². The van der Waals surface area contributed by atoms with E-state index in [2.05, 4.69) is 46.4 Å². The Bertz CT molecular complexity index is 917. The Morgan fingerprint density at radius 2 is 1.63 bits per heavy atom. The minimum atomic E-state index is -0.0828. The number of anilines is 1. The van der Waals surface area contributed by atoms with Gasteiger partial charge < -0.3 is 15.1 Å². The number of hydrogen-bond donors (Lipinski definition) is 1. The second-order valence-electron chi connectivity index (χ2n) is 8.34. The van der Waals surface area contributed by atoms with Crippen molar-refractivity contribution in [2.75, 3.05) is 44.7 Å². The third kappa shape index (κ3) is 4.71. The molecule has 2 amide bonds. The van der Waals surface area contributed by atoms with Crippen LogP contribution in [-0.2, 0) is 24.3 Å². The molecule has 0 bridgehead atoms. The zero-order valence-electron chi connectivity index (χ0n) is 17.9. The third-order valence-corrected chi connectivity index (χ3v) is 6.10. The van der Waals surface area contributed by atoms with Crippen LogP contribution in [0.15, 0.2) is 42.5 Å². The molecule has 30 heavy (non-hydrogen) atoms. The van der Waals surface area contributed by atoms with E-state index in [-0.39, 0.29) is 11.8 Å². The number of likely N-dealkylation sites (N-methyl/N-ethyl adjacent to an activating group) is 1. The Kier molecular flexibility index (Phi) is 6.16. The molecular formula is C24H30N4O2. The predicted molar refractivity (Wildman–Crippen MR) is 119 cm³/mol. The SMILES string of the molecule is CC(=O)N1CCc2cc(C(=O)NCc3ccc(CN4CCN(C)CC4)cc3)ccc21. The highest BCUT2D eigenvalue weighted by atomic mass is 16.2. The van der Waals surface area contributed by atoms with Gasteiger partial charge in [-0.2, -0.15) is 0 Å². The van der Waals surface area contributed by atoms with Gasteiger partial charge in [0.25, 0.3) is 5.91 Å². The van der Waals surface area contributed by atoms with Gasteiger partial charge in [0.2, 0.25) is 5.91 Å². The van der Waals surface area contributed by atoms with Crippen molar-refractivity contribution in [2.45, 2.75) is 26.4 Å². The number of rotatable bonds is 5. The van der Waals surface area contributed by atoms with Crippen LogP contribution >= 0.6 is 0 Å². The summed E-state index contributed by atoms with van der Waals surface area (Å²) >= 11 is 0. The molecule has 2 aliphatic rings. The monoisotopic (exact) mass is 406 g/mol. The number of fused-ring (bicyclic) bond motifs is 1. The summed E-state index contributed by atoms with van der Waals surface area (Å²) < 4.78 is 0. The summed E-state index contributed by atoms with van der Waals surface area (Å²) in [6.07, 6.45) is 0.796. The van der Waals surface area contributed by atoms with E-state index in [1.54, 1.807) is 17.9 Å². The molecule has 6 nitrogen and oxygen atoms in total. The molecule has 2 aliphatic heterocycles. The molecular weight excluding hydrogens is 376 g/mol. The average molecular weight is 407 g/mol. The van der Waals surface area contributed by atoms with Crippen LogP contribution in [0.3, 0.4) is 0 Å². The van der Waals surface area contributed by atoms with Gasteiger partial charge in [-0.05, 0) is 48.4 Å². The van der Waals surface area contributed by atoms with E-state index in [0.29, 0.717) is 18.7 Å². The summed E-state index contributed by atoms with van der Waals surface area (Å²) in [6.45, 7) is 8.22. The van der Waals surface area contributed by atoms with Crippen LogP contribution in [0.1, 0.15) is 34.0 Å². The third-order valence-electron chi connectivity index (χ3n) is 6.10. The molecule has 0 aliphatic carbocycles. The van der Waals surface area contributed by atoms with Gasteiger partial charge in [0, 0.05) is 64.0 Å². The normalized spacial score (nSPS) is 17.1. The lowest BCUT2D eigenvalue weighted by atomic mass is 10.1. The molecule has 1 saturated heterocycles. The Morgan fingerprint density at radius 1 is 0.933 bits per heavy atom. The van der Waals surface area contributed by atoms with E-state index in [0.717, 1.165) is 56.0 Å². The van der Waals surface area contributed by atoms with Crippen molar-refractivity contribution in [1.29, 1.82) is 0 Å². The van der Waals surface area contributed by atoms with E-state index in [1.165, 1.54) is 5.56 Å². The first-order valence-corrected chi connectivity index (χ1v) is 10.7. The molecule has 2 heterocycles. The molecule has 0 spiro atoms. The maximum Gasteiger partial charge on any atom is 0.251 e. The number of carbonyl (C=O) groups excluding carboxylic acids is 2. The van der Waals surface area contributed by atoms with Crippen LogP contribution < -0.4 is 10.2 Å². The van der Waals surface area contributed by atoms with Crippen molar-refractivity contribution >= 4 is 17.5 Å². The molecule has 6 heteroatoms. The van der Waals surface area contributed by atoms with Crippen LogP contribution in [0.4, 0.5) is 5.69 Å². The minimum Gasteiger partial charge on any atom is -0.348 e. The average Bonchev–Trinajstić information content (AvgIpc) is 3.18. The van der Waals surface area contributed by atoms with Crippen LogP contribution in [0.5, 0.6) is 0 Å². The Hall–Kier alpha value is -2.70. The number of benzene rings is 2. The zero-order valence-corrected chi connectivity index (χ0v) is 17.9. The largest absolute Gasteiger partial charge is 0.348 e. The summed E-state index contributed by atoms with van der Waals surface area (Å²) in [5.74, 6) is -0.0393. The number of piperazine rings is 1. The number of nitrogens with one attached hydrogen (secondary N) is 1. The van der Waals surface area contributed by atoms with Crippen molar-refractivity contribution in [1.82, 2.24) is 15.1 Å². The van der Waals surface area contributed by atoms with Gasteiger partial charge in [-0.15, -0.1) is 0 Å². The highest BCUT2D eigenvalue weighted by molar-refractivity contribution is 5.97. The number of nitrogens with zero attached hydrogens (tertiary/aromatic N) is 3. The first-order valence-electron chi connectivity index (χ1n) is 10.7. The fourth-order valence-corrected chi connectivity index (χ4v) is 4.18. The Balaban J connectivity index is 1.30. The lowest BCUT2D eigenvalue weighted by Crippen LogP contribution is -2.43.